The SMILES string of the molecule is Nc1c(Cl)cc(C(=O)N2CCOC[C@H]2C2CC2)cc1Cl. The van der Waals surface area contributed by atoms with Gasteiger partial charge in [-0.1, -0.05) is 23.2 Å². The lowest BCUT2D eigenvalue weighted by atomic mass is 10.1. The summed E-state index contributed by atoms with van der Waals surface area (Å²) in [5, 5.41) is 0.633. The summed E-state index contributed by atoms with van der Waals surface area (Å²) >= 11 is 12.0. The summed E-state index contributed by atoms with van der Waals surface area (Å²) in [6.45, 7) is 1.80. The Morgan fingerprint density at radius 3 is 2.55 bits per heavy atom. The van der Waals surface area contributed by atoms with Crippen molar-refractivity contribution in [2.45, 2.75) is 18.9 Å². The minimum Gasteiger partial charge on any atom is -0.396 e. The van der Waals surface area contributed by atoms with Crippen LogP contribution in [0.3, 0.4) is 0 Å². The number of nitrogens with two attached hydrogens (primary N) is 1. The van der Waals surface area contributed by atoms with Gasteiger partial charge < -0.3 is 15.4 Å². The zero-order valence-electron chi connectivity index (χ0n) is 10.9. The quantitative estimate of drug-likeness (QED) is 0.854. The summed E-state index contributed by atoms with van der Waals surface area (Å²) in [5.41, 5.74) is 6.50. The fourth-order valence-electron chi connectivity index (χ4n) is 2.62. The molecule has 1 heterocycles. The maximum atomic E-state index is 12.7. The van der Waals surface area contributed by atoms with Crippen LogP contribution in [-0.2, 0) is 4.74 Å². The molecule has 3 rings (SSSR count). The number of nitrogens with zero attached hydrogens (tertiary/aromatic N) is 1. The van der Waals surface area contributed by atoms with Crippen molar-refractivity contribution in [2.75, 3.05) is 25.5 Å². The number of carbonyl (C=O) groups excluding carboxylic acids is 1. The minimum atomic E-state index is -0.0472. The summed E-state index contributed by atoms with van der Waals surface area (Å²) in [5.74, 6) is 0.521. The standard InChI is InChI=1S/C14H16Cl2N2O2/c15-10-5-9(6-11(16)13(10)17)14(19)18-3-4-20-7-12(18)8-1-2-8/h5-6,8,12H,1-4,7,17H2/t12-/m0/s1. The monoisotopic (exact) mass is 314 g/mol. The summed E-state index contributed by atoms with van der Waals surface area (Å²) in [6, 6.07) is 3.35. The molecule has 20 heavy (non-hydrogen) atoms. The van der Waals surface area contributed by atoms with E-state index in [0.29, 0.717) is 47.0 Å². The van der Waals surface area contributed by atoms with Gasteiger partial charge in [0.1, 0.15) is 0 Å². The molecule has 2 fully saturated rings. The molecule has 1 aliphatic carbocycles. The van der Waals surface area contributed by atoms with Crippen LogP contribution < -0.4 is 5.73 Å². The highest BCUT2D eigenvalue weighted by Crippen LogP contribution is 2.37. The number of benzene rings is 1. The van der Waals surface area contributed by atoms with E-state index in [-0.39, 0.29) is 11.9 Å². The van der Waals surface area contributed by atoms with E-state index >= 15 is 0 Å². The molecule has 2 N–H and O–H groups in total. The molecule has 4 nitrogen and oxygen atoms in total. The molecule has 1 aromatic rings. The second kappa shape index (κ2) is 5.43. The number of morpholine rings is 1. The van der Waals surface area contributed by atoms with Crippen LogP contribution in [0.25, 0.3) is 0 Å². The molecule has 1 amide bonds. The van der Waals surface area contributed by atoms with Gasteiger partial charge in [-0.3, -0.25) is 4.79 Å². The Hall–Kier alpha value is -0.970. The first-order valence-corrected chi connectivity index (χ1v) is 7.46. The summed E-state index contributed by atoms with van der Waals surface area (Å²) < 4.78 is 5.50. The number of rotatable bonds is 2. The number of halogens is 2. The summed E-state index contributed by atoms with van der Waals surface area (Å²) in [7, 11) is 0. The van der Waals surface area contributed by atoms with Gasteiger partial charge in [0.15, 0.2) is 0 Å². The first-order chi connectivity index (χ1) is 9.58. The van der Waals surface area contributed by atoms with Crippen molar-refractivity contribution in [3.8, 4) is 0 Å². The van der Waals surface area contributed by atoms with Gasteiger partial charge >= 0.3 is 0 Å². The van der Waals surface area contributed by atoms with Crippen molar-refractivity contribution in [1.82, 2.24) is 4.90 Å². The smallest absolute Gasteiger partial charge is 0.254 e. The molecule has 108 valence electrons. The molecule has 0 unspecified atom stereocenters. The average molecular weight is 315 g/mol. The minimum absolute atomic E-state index is 0.0472. The van der Waals surface area contributed by atoms with Crippen LogP contribution in [0, 0.1) is 5.92 Å². The van der Waals surface area contributed by atoms with Gasteiger partial charge in [-0.05, 0) is 30.9 Å². The predicted molar refractivity (Wildman–Crippen MR) is 79.2 cm³/mol. The van der Waals surface area contributed by atoms with Crippen LogP contribution in [0.4, 0.5) is 5.69 Å². The maximum Gasteiger partial charge on any atom is 0.254 e. The van der Waals surface area contributed by atoms with Crippen molar-refractivity contribution >= 4 is 34.8 Å². The van der Waals surface area contributed by atoms with Crippen LogP contribution >= 0.6 is 23.2 Å². The Labute approximate surface area is 127 Å². The number of anilines is 1. The van der Waals surface area contributed by atoms with Gasteiger partial charge in [0.25, 0.3) is 5.91 Å². The number of ether oxygens (including phenoxy) is 1. The molecule has 1 atom stereocenters. The molecule has 1 aliphatic heterocycles. The fraction of sp³-hybridized carbons (Fsp3) is 0.500. The van der Waals surface area contributed by atoms with E-state index in [0.717, 1.165) is 0 Å². The number of nitrogen functional groups attached to an aromatic ring is 1. The Morgan fingerprint density at radius 1 is 1.30 bits per heavy atom. The number of carbonyl (C=O) groups is 1. The van der Waals surface area contributed by atoms with Crippen LogP contribution in [0.15, 0.2) is 12.1 Å². The predicted octanol–water partition coefficient (Wildman–Crippen LogP) is 2.83. The third kappa shape index (κ3) is 2.60. The second-order valence-corrected chi connectivity index (χ2v) is 6.15. The topological polar surface area (TPSA) is 55.6 Å². The highest BCUT2D eigenvalue weighted by atomic mass is 35.5. The van der Waals surface area contributed by atoms with E-state index in [2.05, 4.69) is 0 Å². The van der Waals surface area contributed by atoms with E-state index in [1.165, 1.54) is 12.8 Å². The molecular formula is C14H16Cl2N2O2. The highest BCUT2D eigenvalue weighted by Gasteiger charge is 2.39. The van der Waals surface area contributed by atoms with E-state index in [1.807, 2.05) is 4.90 Å². The summed E-state index contributed by atoms with van der Waals surface area (Å²) in [6.07, 6.45) is 2.34. The molecule has 0 spiro atoms. The molecule has 1 aromatic carbocycles. The lowest BCUT2D eigenvalue weighted by Crippen LogP contribution is -2.49. The summed E-state index contributed by atoms with van der Waals surface area (Å²) in [4.78, 5) is 14.6. The molecule has 1 saturated carbocycles. The average Bonchev–Trinajstić information content (AvgIpc) is 3.28. The van der Waals surface area contributed by atoms with E-state index in [1.54, 1.807) is 12.1 Å². The van der Waals surface area contributed by atoms with Gasteiger partial charge in [-0.15, -0.1) is 0 Å². The van der Waals surface area contributed by atoms with Crippen molar-refractivity contribution in [3.63, 3.8) is 0 Å². The Balaban J connectivity index is 1.87. The lowest BCUT2D eigenvalue weighted by Gasteiger charge is -2.36. The van der Waals surface area contributed by atoms with Crippen LogP contribution in [-0.4, -0.2) is 36.6 Å². The third-order valence-corrected chi connectivity index (χ3v) is 4.54. The van der Waals surface area contributed by atoms with Crippen molar-refractivity contribution in [3.05, 3.63) is 27.7 Å². The second-order valence-electron chi connectivity index (χ2n) is 5.33. The van der Waals surface area contributed by atoms with Gasteiger partial charge in [0.05, 0.1) is 35.0 Å². The lowest BCUT2D eigenvalue weighted by molar-refractivity contribution is -0.00834. The van der Waals surface area contributed by atoms with E-state index in [9.17, 15) is 4.79 Å². The first-order valence-electron chi connectivity index (χ1n) is 6.71. The van der Waals surface area contributed by atoms with E-state index in [4.69, 9.17) is 33.7 Å². The zero-order valence-corrected chi connectivity index (χ0v) is 12.5. The van der Waals surface area contributed by atoms with Gasteiger partial charge in [-0.2, -0.15) is 0 Å². The Kier molecular flexibility index (Phi) is 3.80. The normalized spacial score (nSPS) is 22.9. The Bertz CT molecular complexity index is 523. The third-order valence-electron chi connectivity index (χ3n) is 3.92. The van der Waals surface area contributed by atoms with Gasteiger partial charge in [0.2, 0.25) is 0 Å². The van der Waals surface area contributed by atoms with Crippen molar-refractivity contribution in [2.24, 2.45) is 5.92 Å². The molecule has 1 saturated heterocycles. The maximum absolute atomic E-state index is 12.7. The van der Waals surface area contributed by atoms with Gasteiger partial charge in [-0.25, -0.2) is 0 Å². The largest absolute Gasteiger partial charge is 0.396 e. The van der Waals surface area contributed by atoms with E-state index < -0.39 is 0 Å². The van der Waals surface area contributed by atoms with Crippen LogP contribution in [0.5, 0.6) is 0 Å². The first kappa shape index (κ1) is 14.0. The molecular weight excluding hydrogens is 299 g/mol. The highest BCUT2D eigenvalue weighted by molar-refractivity contribution is 6.39. The Morgan fingerprint density at radius 2 is 1.95 bits per heavy atom. The van der Waals surface area contributed by atoms with Crippen LogP contribution in [0.2, 0.25) is 10.0 Å². The van der Waals surface area contributed by atoms with Gasteiger partial charge in [0, 0.05) is 12.1 Å². The molecule has 6 heteroatoms. The molecule has 0 radical (unpaired) electrons. The molecule has 0 aromatic heterocycles. The number of amides is 1. The number of hydrogen-bond acceptors (Lipinski definition) is 3. The number of hydrogen-bond donors (Lipinski definition) is 1. The molecule has 2 aliphatic rings. The fourth-order valence-corrected chi connectivity index (χ4v) is 3.11. The van der Waals surface area contributed by atoms with Crippen molar-refractivity contribution < 1.29 is 9.53 Å². The van der Waals surface area contributed by atoms with Crippen LogP contribution in [0.1, 0.15) is 23.2 Å². The molecule has 0 bridgehead atoms. The van der Waals surface area contributed by atoms with Crippen molar-refractivity contribution in [1.29, 1.82) is 0 Å². The zero-order chi connectivity index (χ0) is 14.3.